The van der Waals surface area contributed by atoms with Gasteiger partial charge in [-0.25, -0.2) is 0 Å². The van der Waals surface area contributed by atoms with Crippen LogP contribution in [0.2, 0.25) is 0 Å². The first-order valence-corrected chi connectivity index (χ1v) is 6.30. The van der Waals surface area contributed by atoms with Crippen molar-refractivity contribution in [3.63, 3.8) is 0 Å². The average Bonchev–Trinajstić information content (AvgIpc) is 2.63. The molecule has 0 N–H and O–H groups in total. The van der Waals surface area contributed by atoms with Crippen molar-refractivity contribution in [2.45, 2.75) is 46.0 Å². The Morgan fingerprint density at radius 2 is 2.24 bits per heavy atom. The molecule has 0 amide bonds. The maximum Gasteiger partial charge on any atom is 0.313 e. The number of carbonyl (C=O) groups is 2. The van der Waals surface area contributed by atoms with E-state index in [9.17, 15) is 9.59 Å². The Balaban J connectivity index is 2.50. The fourth-order valence-corrected chi connectivity index (χ4v) is 3.84. The number of esters is 1. The maximum absolute atomic E-state index is 12.2. The van der Waals surface area contributed by atoms with E-state index in [0.717, 1.165) is 12.8 Å². The molecule has 0 radical (unpaired) electrons. The van der Waals surface area contributed by atoms with Crippen molar-refractivity contribution >= 4 is 11.8 Å². The van der Waals surface area contributed by atoms with Crippen molar-refractivity contribution < 1.29 is 14.3 Å². The van der Waals surface area contributed by atoms with Crippen molar-refractivity contribution in [3.05, 3.63) is 11.6 Å². The maximum atomic E-state index is 12.2. The summed E-state index contributed by atoms with van der Waals surface area (Å²) in [5.74, 6) is 0.140. The molecule has 0 heterocycles. The summed E-state index contributed by atoms with van der Waals surface area (Å²) in [6.45, 7) is 4.12. The number of carbonyl (C=O) groups excluding carboxylic acids is 2. The van der Waals surface area contributed by atoms with Crippen molar-refractivity contribution in [1.82, 2.24) is 0 Å². The molecule has 2 rings (SSSR count). The molecule has 2 atom stereocenters. The second-order valence-electron chi connectivity index (χ2n) is 5.32. The van der Waals surface area contributed by atoms with Gasteiger partial charge in [0.1, 0.15) is 5.78 Å². The average molecular weight is 236 g/mol. The predicted octanol–water partition coefficient (Wildman–Crippen LogP) is 2.65. The lowest BCUT2D eigenvalue weighted by Crippen LogP contribution is -2.50. The molecule has 0 spiro atoms. The van der Waals surface area contributed by atoms with Crippen LogP contribution in [-0.4, -0.2) is 18.9 Å². The fourth-order valence-electron chi connectivity index (χ4n) is 3.84. The quantitative estimate of drug-likeness (QED) is 0.547. The van der Waals surface area contributed by atoms with Crippen LogP contribution in [0.15, 0.2) is 11.6 Å². The lowest BCUT2D eigenvalue weighted by molar-refractivity contribution is -0.164. The summed E-state index contributed by atoms with van der Waals surface area (Å²) < 4.78 is 5.02. The van der Waals surface area contributed by atoms with Gasteiger partial charge in [0.15, 0.2) is 0 Å². The van der Waals surface area contributed by atoms with E-state index >= 15 is 0 Å². The van der Waals surface area contributed by atoms with Gasteiger partial charge in [0.05, 0.1) is 12.5 Å². The van der Waals surface area contributed by atoms with Crippen LogP contribution in [0.4, 0.5) is 0 Å². The smallest absolute Gasteiger partial charge is 0.313 e. The molecule has 0 saturated heterocycles. The van der Waals surface area contributed by atoms with Gasteiger partial charge in [-0.1, -0.05) is 18.6 Å². The molecule has 1 saturated carbocycles. The number of fused-ring (bicyclic) bond motifs is 1. The molecule has 1 fully saturated rings. The third-order valence-electron chi connectivity index (χ3n) is 4.94. The number of methoxy groups -OCH3 is 1. The number of hydrogen-bond donors (Lipinski definition) is 0. The highest BCUT2D eigenvalue weighted by molar-refractivity contribution is 5.88. The molecule has 0 bridgehead atoms. The van der Waals surface area contributed by atoms with E-state index in [1.54, 1.807) is 0 Å². The van der Waals surface area contributed by atoms with Crippen LogP contribution in [0.25, 0.3) is 0 Å². The van der Waals surface area contributed by atoms with Gasteiger partial charge in [-0.05, 0) is 26.2 Å². The van der Waals surface area contributed by atoms with Crippen LogP contribution in [0.3, 0.4) is 0 Å². The molecular weight excluding hydrogens is 216 g/mol. The molecule has 2 aliphatic carbocycles. The second-order valence-corrected chi connectivity index (χ2v) is 5.32. The highest BCUT2D eigenvalue weighted by Gasteiger charge is 2.61. The van der Waals surface area contributed by atoms with Crippen LogP contribution in [-0.2, 0) is 14.3 Å². The van der Waals surface area contributed by atoms with E-state index in [1.165, 1.54) is 12.7 Å². The zero-order valence-electron chi connectivity index (χ0n) is 10.8. The molecule has 94 valence electrons. The Hall–Kier alpha value is -1.12. The van der Waals surface area contributed by atoms with Gasteiger partial charge in [0.25, 0.3) is 0 Å². The van der Waals surface area contributed by atoms with Gasteiger partial charge in [-0.15, -0.1) is 0 Å². The van der Waals surface area contributed by atoms with E-state index < -0.39 is 5.41 Å². The minimum Gasteiger partial charge on any atom is -0.469 e. The summed E-state index contributed by atoms with van der Waals surface area (Å²) in [7, 11) is 1.45. The Kier molecular flexibility index (Phi) is 2.88. The number of allylic oxidation sites excluding steroid dienone is 2. The fraction of sp³-hybridized carbons (Fsp3) is 0.714. The number of hydrogen-bond acceptors (Lipinski definition) is 3. The van der Waals surface area contributed by atoms with Crippen molar-refractivity contribution in [3.8, 4) is 0 Å². The molecule has 2 aliphatic rings. The van der Waals surface area contributed by atoms with Crippen molar-refractivity contribution in [1.29, 1.82) is 0 Å². The lowest BCUT2D eigenvalue weighted by atomic mass is 9.54. The number of rotatable bonds is 2. The van der Waals surface area contributed by atoms with Gasteiger partial charge >= 0.3 is 5.97 Å². The van der Waals surface area contributed by atoms with Gasteiger partial charge in [-0.3, -0.25) is 9.59 Å². The Bertz CT molecular complexity index is 396. The van der Waals surface area contributed by atoms with Gasteiger partial charge in [0, 0.05) is 18.3 Å². The van der Waals surface area contributed by atoms with Gasteiger partial charge in [-0.2, -0.15) is 0 Å². The van der Waals surface area contributed by atoms with E-state index in [1.807, 2.05) is 6.92 Å². The first kappa shape index (κ1) is 12.3. The summed E-state index contributed by atoms with van der Waals surface area (Å²) in [5.41, 5.74) is 0.433. The SMILES string of the molecule is CC[C@]12CC(=O)CC[C@@]1(C(=O)OC)CC=C2C. The normalized spacial score (nSPS) is 36.4. The monoisotopic (exact) mass is 236 g/mol. The van der Waals surface area contributed by atoms with Crippen LogP contribution < -0.4 is 0 Å². The second kappa shape index (κ2) is 3.97. The molecule has 0 aliphatic heterocycles. The zero-order valence-corrected chi connectivity index (χ0v) is 10.8. The molecule has 0 unspecified atom stereocenters. The standard InChI is InChI=1S/C14H20O3/c1-4-13-9-11(15)6-8-14(13,12(16)17-3)7-5-10(13)2/h5H,4,6-9H2,1-3H3/t13-,14-/m1/s1. The molecule has 0 aromatic carbocycles. The highest BCUT2D eigenvalue weighted by atomic mass is 16.5. The molecule has 17 heavy (non-hydrogen) atoms. The first-order chi connectivity index (χ1) is 8.02. The highest BCUT2D eigenvalue weighted by Crippen LogP contribution is 2.62. The summed E-state index contributed by atoms with van der Waals surface area (Å²) in [6, 6.07) is 0. The van der Waals surface area contributed by atoms with Gasteiger partial charge < -0.3 is 4.74 Å². The summed E-state index contributed by atoms with van der Waals surface area (Å²) in [6.07, 6.45) is 5.33. The summed E-state index contributed by atoms with van der Waals surface area (Å²) >= 11 is 0. The third kappa shape index (κ3) is 1.41. The van der Waals surface area contributed by atoms with Crippen LogP contribution in [0.1, 0.15) is 46.0 Å². The van der Waals surface area contributed by atoms with E-state index in [4.69, 9.17) is 4.74 Å². The minimum atomic E-state index is -0.478. The van der Waals surface area contributed by atoms with E-state index in [-0.39, 0.29) is 17.2 Å². The minimum absolute atomic E-state index is 0.139. The Morgan fingerprint density at radius 1 is 1.53 bits per heavy atom. The third-order valence-corrected chi connectivity index (χ3v) is 4.94. The molecule has 3 nitrogen and oxygen atoms in total. The van der Waals surface area contributed by atoms with Crippen LogP contribution >= 0.6 is 0 Å². The van der Waals surface area contributed by atoms with Crippen LogP contribution in [0, 0.1) is 10.8 Å². The number of Topliss-reactive ketones (excluding diaryl/α,β-unsaturated/α-hetero) is 1. The Morgan fingerprint density at radius 3 is 2.82 bits per heavy atom. The molecule has 3 heteroatoms. The first-order valence-electron chi connectivity index (χ1n) is 6.30. The van der Waals surface area contributed by atoms with Crippen molar-refractivity contribution in [2.75, 3.05) is 7.11 Å². The predicted molar refractivity (Wildman–Crippen MR) is 64.4 cm³/mol. The number of ketones is 1. The Labute approximate surface area is 102 Å². The number of ether oxygens (including phenoxy) is 1. The molecular formula is C14H20O3. The largest absolute Gasteiger partial charge is 0.469 e. The van der Waals surface area contributed by atoms with E-state index in [0.29, 0.717) is 19.3 Å². The van der Waals surface area contributed by atoms with Gasteiger partial charge in [0.2, 0.25) is 0 Å². The topological polar surface area (TPSA) is 43.4 Å². The molecule has 0 aromatic rings. The van der Waals surface area contributed by atoms with E-state index in [2.05, 4.69) is 13.0 Å². The summed E-state index contributed by atoms with van der Waals surface area (Å²) in [5, 5.41) is 0. The van der Waals surface area contributed by atoms with Crippen molar-refractivity contribution in [2.24, 2.45) is 10.8 Å². The molecule has 0 aromatic heterocycles. The van der Waals surface area contributed by atoms with Crippen LogP contribution in [0.5, 0.6) is 0 Å². The lowest BCUT2D eigenvalue weighted by Gasteiger charge is -2.48. The summed E-state index contributed by atoms with van der Waals surface area (Å²) in [4.78, 5) is 24.0. The zero-order chi connectivity index (χ0) is 12.7.